The maximum atomic E-state index is 6.56. The number of hydrogen-bond acceptors (Lipinski definition) is 4. The van der Waals surface area contributed by atoms with Crippen LogP contribution in [-0.2, 0) is 18.6 Å². The summed E-state index contributed by atoms with van der Waals surface area (Å²) in [7, 11) is -1.92. The van der Waals surface area contributed by atoms with Crippen molar-refractivity contribution in [2.24, 2.45) is 0 Å². The summed E-state index contributed by atoms with van der Waals surface area (Å²) in [6.45, 7) is 11.7. The normalized spacial score (nSPS) is 29.3. The molecule has 0 radical (unpaired) electrons. The van der Waals surface area contributed by atoms with E-state index < -0.39 is 8.32 Å². The summed E-state index contributed by atoms with van der Waals surface area (Å²) >= 11 is 0. The van der Waals surface area contributed by atoms with Crippen LogP contribution in [-0.4, -0.2) is 33.2 Å². The third-order valence-electron chi connectivity index (χ3n) is 5.14. The Hall–Kier alpha value is -0.546. The molecule has 2 aliphatic rings. The van der Waals surface area contributed by atoms with Crippen LogP contribution in [0.1, 0.15) is 32.6 Å². The van der Waals surface area contributed by atoms with Crippen molar-refractivity contribution < 1.29 is 37.5 Å². The number of benzene rings is 1. The van der Waals surface area contributed by atoms with Crippen molar-refractivity contribution in [1.29, 1.82) is 0 Å². The van der Waals surface area contributed by atoms with E-state index in [0.29, 0.717) is 6.61 Å². The van der Waals surface area contributed by atoms with E-state index in [2.05, 4.69) is 40.1 Å². The second kappa shape index (κ2) is 8.00. The largest absolute Gasteiger partial charge is 1.00 e. The van der Waals surface area contributed by atoms with Gasteiger partial charge in [0.2, 0.25) is 0 Å². The molecule has 0 aliphatic carbocycles. The number of ether oxygens (including phenoxy) is 3. The fourth-order valence-corrected chi connectivity index (χ4v) is 3.86. The molecule has 1 fully saturated rings. The molecule has 4 nitrogen and oxygen atoms in total. The van der Waals surface area contributed by atoms with Gasteiger partial charge in [-0.3, -0.25) is 0 Å². The van der Waals surface area contributed by atoms with Crippen molar-refractivity contribution in [2.45, 2.75) is 63.5 Å². The van der Waals surface area contributed by atoms with Gasteiger partial charge in [0.25, 0.3) is 0 Å². The summed E-state index contributed by atoms with van der Waals surface area (Å²) in [6.07, 6.45) is 3.84. The minimum Gasteiger partial charge on any atom is -0.688 e. The minimum atomic E-state index is -1.92. The number of rotatable bonds is 3. The monoisotopic (exact) mass is 354 g/mol. The molecule has 0 unspecified atom stereocenters. The molecular formula is C19H27LiO4Si. The van der Waals surface area contributed by atoms with Crippen LogP contribution in [0.5, 0.6) is 0 Å². The van der Waals surface area contributed by atoms with E-state index >= 15 is 0 Å². The Bertz CT molecular complexity index is 585. The van der Waals surface area contributed by atoms with Crippen LogP contribution in [0.15, 0.2) is 36.4 Å². The standard InChI is InChI=1S/C19H27O4Si.Li/c1-19(2,3)24(4,5)23-15-11-12-20-16-13-21-18(22-17(15)16)14-9-7-6-8-10-14;/h6-11,15-18H,13H2,1-5H3;/q-1;+1/t15-,16-,17+,18-;/m1./s1. The summed E-state index contributed by atoms with van der Waals surface area (Å²) in [5.74, 6) is 0. The second-order valence-corrected chi connectivity index (χ2v) is 12.7. The zero-order valence-corrected chi connectivity index (χ0v) is 17.1. The summed E-state index contributed by atoms with van der Waals surface area (Å²) in [4.78, 5) is 0. The SMILES string of the molecule is CC(C)(C)[Si](C)(C)O[C@@H]1C=[C-]O[C@@H]2CO[C@@H](c3ccccc3)O[C@@H]12.[Li+]. The first-order valence-corrected chi connectivity index (χ1v) is 11.4. The summed E-state index contributed by atoms with van der Waals surface area (Å²) in [5.41, 5.74) is 1.01. The van der Waals surface area contributed by atoms with Gasteiger partial charge in [-0.15, -0.1) is 0 Å². The van der Waals surface area contributed by atoms with Crippen molar-refractivity contribution in [3.8, 4) is 0 Å². The molecule has 0 spiro atoms. The molecular weight excluding hydrogens is 327 g/mol. The third-order valence-corrected chi connectivity index (χ3v) is 9.62. The van der Waals surface area contributed by atoms with Crippen molar-refractivity contribution in [2.75, 3.05) is 6.61 Å². The van der Waals surface area contributed by atoms with Gasteiger partial charge < -0.3 is 24.9 Å². The molecule has 2 heterocycles. The molecule has 1 saturated heterocycles. The zero-order valence-electron chi connectivity index (χ0n) is 16.1. The van der Waals surface area contributed by atoms with Gasteiger partial charge in [0, 0.05) is 5.56 Å². The molecule has 0 N–H and O–H groups in total. The Morgan fingerprint density at radius 3 is 2.48 bits per heavy atom. The maximum absolute atomic E-state index is 6.56. The number of fused-ring (bicyclic) bond motifs is 1. The topological polar surface area (TPSA) is 36.9 Å². The van der Waals surface area contributed by atoms with Gasteiger partial charge in [-0.1, -0.05) is 51.1 Å². The van der Waals surface area contributed by atoms with E-state index in [1.165, 1.54) is 0 Å². The van der Waals surface area contributed by atoms with Gasteiger partial charge in [-0.2, -0.15) is 0 Å². The van der Waals surface area contributed by atoms with Gasteiger partial charge in [-0.05, 0) is 18.1 Å². The first kappa shape index (κ1) is 20.8. The van der Waals surface area contributed by atoms with Crippen molar-refractivity contribution in [3.05, 3.63) is 48.2 Å². The van der Waals surface area contributed by atoms with Crippen LogP contribution in [0.4, 0.5) is 0 Å². The van der Waals surface area contributed by atoms with Crippen molar-refractivity contribution in [1.82, 2.24) is 0 Å². The summed E-state index contributed by atoms with van der Waals surface area (Å²) < 4.78 is 24.2. The van der Waals surface area contributed by atoms with Gasteiger partial charge in [0.1, 0.15) is 12.2 Å². The van der Waals surface area contributed by atoms with Gasteiger partial charge in [0.05, 0.1) is 12.7 Å². The van der Waals surface area contributed by atoms with Crippen LogP contribution < -0.4 is 18.9 Å². The molecule has 0 amide bonds. The number of hydrogen-bond donors (Lipinski definition) is 0. The molecule has 1 aromatic carbocycles. The van der Waals surface area contributed by atoms with E-state index in [1.54, 1.807) is 0 Å². The molecule has 0 bridgehead atoms. The fourth-order valence-electron chi connectivity index (χ4n) is 2.63. The Morgan fingerprint density at radius 1 is 1.16 bits per heavy atom. The predicted molar refractivity (Wildman–Crippen MR) is 94.8 cm³/mol. The van der Waals surface area contributed by atoms with Gasteiger partial charge >= 0.3 is 18.9 Å². The smallest absolute Gasteiger partial charge is 0.688 e. The predicted octanol–water partition coefficient (Wildman–Crippen LogP) is 1.21. The molecule has 4 atom stereocenters. The molecule has 6 heteroatoms. The van der Waals surface area contributed by atoms with E-state index in [4.69, 9.17) is 18.6 Å². The first-order chi connectivity index (χ1) is 11.3. The zero-order chi connectivity index (χ0) is 17.4. The molecule has 132 valence electrons. The molecule has 25 heavy (non-hydrogen) atoms. The van der Waals surface area contributed by atoms with E-state index in [1.807, 2.05) is 36.4 Å². The minimum absolute atomic E-state index is 0. The molecule has 1 aromatic rings. The van der Waals surface area contributed by atoms with Gasteiger partial charge in [-0.25, -0.2) is 6.08 Å². The van der Waals surface area contributed by atoms with E-state index in [9.17, 15) is 0 Å². The average molecular weight is 354 g/mol. The molecule has 2 aliphatic heterocycles. The van der Waals surface area contributed by atoms with Crippen LogP contribution in [0.2, 0.25) is 18.1 Å². The Balaban J connectivity index is 0.00000225. The average Bonchev–Trinajstić information content (AvgIpc) is 2.54. The van der Waals surface area contributed by atoms with Crippen LogP contribution >= 0.6 is 0 Å². The first-order valence-electron chi connectivity index (χ1n) is 8.52. The quantitative estimate of drug-likeness (QED) is 0.604. The maximum Gasteiger partial charge on any atom is 1.00 e. The fraction of sp³-hybridized carbons (Fsp3) is 0.579. The van der Waals surface area contributed by atoms with Crippen LogP contribution in [0, 0.1) is 6.26 Å². The van der Waals surface area contributed by atoms with Crippen LogP contribution in [0.3, 0.4) is 0 Å². The van der Waals surface area contributed by atoms with Crippen molar-refractivity contribution in [3.63, 3.8) is 0 Å². The second-order valence-electron chi connectivity index (χ2n) is 7.96. The summed E-state index contributed by atoms with van der Waals surface area (Å²) in [5, 5.41) is 0.138. The Kier molecular flexibility index (Phi) is 6.64. The Labute approximate surface area is 164 Å². The van der Waals surface area contributed by atoms with Gasteiger partial charge in [0.15, 0.2) is 14.6 Å². The van der Waals surface area contributed by atoms with E-state index in [0.717, 1.165) is 5.56 Å². The third kappa shape index (κ3) is 4.60. The summed E-state index contributed by atoms with van der Waals surface area (Å²) in [6, 6.07) is 9.99. The van der Waals surface area contributed by atoms with Crippen LogP contribution in [0.25, 0.3) is 0 Å². The molecule has 0 saturated carbocycles. The Morgan fingerprint density at radius 2 is 1.84 bits per heavy atom. The van der Waals surface area contributed by atoms with Crippen molar-refractivity contribution >= 4 is 8.32 Å². The molecule has 0 aromatic heterocycles. The van der Waals surface area contributed by atoms with E-state index in [-0.39, 0.29) is 48.5 Å². The molecule has 3 rings (SSSR count).